The molecule has 0 aliphatic carbocycles. The quantitative estimate of drug-likeness (QED) is 0.119. The first-order chi connectivity index (χ1) is 18.1. The van der Waals surface area contributed by atoms with E-state index < -0.39 is 29.7 Å². The Morgan fingerprint density at radius 2 is 1.97 bits per heavy atom. The highest BCUT2D eigenvalue weighted by Crippen LogP contribution is 2.25. The van der Waals surface area contributed by atoms with E-state index in [4.69, 9.17) is 22.0 Å². The van der Waals surface area contributed by atoms with Crippen molar-refractivity contribution in [2.24, 2.45) is 0 Å². The third-order valence-electron chi connectivity index (χ3n) is 5.18. The number of allylic oxidation sites excluding steroid dienone is 2. The fraction of sp³-hybridized carbons (Fsp3) is 0.174. The average Bonchev–Trinajstić information content (AvgIpc) is 2.87. The molecule has 38 heavy (non-hydrogen) atoms. The minimum atomic E-state index is -2.92. The summed E-state index contributed by atoms with van der Waals surface area (Å²) in [5.41, 5.74) is 4.72. The number of fused-ring (bicyclic) bond motifs is 1. The lowest BCUT2D eigenvalue weighted by molar-refractivity contribution is 0.125. The summed E-state index contributed by atoms with van der Waals surface area (Å²) < 4.78 is 40.1. The molecule has 0 spiro atoms. The van der Waals surface area contributed by atoms with Crippen LogP contribution in [0.1, 0.15) is 24.4 Å². The Kier molecular flexibility index (Phi) is 8.52. The summed E-state index contributed by atoms with van der Waals surface area (Å²) in [4.78, 5) is 25.7. The molecule has 0 saturated carbocycles. The van der Waals surface area contributed by atoms with Crippen molar-refractivity contribution in [3.8, 4) is 0 Å². The van der Waals surface area contributed by atoms with Crippen LogP contribution in [0.2, 0.25) is 0 Å². The molecule has 1 atom stereocenters. The van der Waals surface area contributed by atoms with Gasteiger partial charge in [-0.05, 0) is 37.4 Å². The molecule has 0 bridgehead atoms. The molecule has 3 rings (SSSR count). The van der Waals surface area contributed by atoms with E-state index >= 15 is 0 Å². The zero-order chi connectivity index (χ0) is 28.0. The first-order valence-corrected chi connectivity index (χ1v) is 10.9. The second-order valence-corrected chi connectivity index (χ2v) is 7.71. The monoisotopic (exact) mass is 527 g/mol. The fourth-order valence-electron chi connectivity index (χ4n) is 3.44. The van der Waals surface area contributed by atoms with Gasteiger partial charge in [0.1, 0.15) is 35.4 Å². The maximum atomic E-state index is 13.9. The summed E-state index contributed by atoms with van der Waals surface area (Å²) >= 11 is 0. The molecule has 2 aromatic heterocycles. The molecule has 0 amide bonds. The van der Waals surface area contributed by atoms with E-state index in [0.717, 1.165) is 29.2 Å². The maximum Gasteiger partial charge on any atom is 0.312 e. The molecule has 15 heteroatoms. The number of aromatic nitrogens is 4. The van der Waals surface area contributed by atoms with Gasteiger partial charge in [-0.3, -0.25) is 15.6 Å². The lowest BCUT2D eigenvalue weighted by Crippen LogP contribution is -2.33. The molecule has 198 valence electrons. The number of nitrogens with zero attached hydrogens (tertiary/aromatic N) is 4. The van der Waals surface area contributed by atoms with Crippen LogP contribution >= 0.6 is 0 Å². The Hall–Kier alpha value is -5.08. The van der Waals surface area contributed by atoms with Gasteiger partial charge in [0.15, 0.2) is 0 Å². The van der Waals surface area contributed by atoms with E-state index in [1.807, 2.05) is 0 Å². The van der Waals surface area contributed by atoms with E-state index in [1.165, 1.54) is 18.3 Å². The predicted molar refractivity (Wildman–Crippen MR) is 139 cm³/mol. The van der Waals surface area contributed by atoms with Crippen LogP contribution in [0.4, 0.5) is 24.8 Å². The highest BCUT2D eigenvalue weighted by atomic mass is 19.3. The highest BCUT2D eigenvalue weighted by molar-refractivity contribution is 6.25. The van der Waals surface area contributed by atoms with Gasteiger partial charge in [-0.1, -0.05) is 0 Å². The lowest BCUT2D eigenvalue weighted by atomic mass is 10.0. The molecule has 0 aliphatic heterocycles. The molecule has 8 N–H and O–H groups in total. The number of alkyl halides is 2. The lowest BCUT2D eigenvalue weighted by Gasteiger charge is -2.21. The maximum absolute atomic E-state index is 13.9. The topological polar surface area (TPSA) is 194 Å². The Labute approximate surface area is 214 Å². The van der Waals surface area contributed by atoms with Crippen molar-refractivity contribution in [1.29, 1.82) is 16.2 Å². The van der Waals surface area contributed by atoms with Gasteiger partial charge in [-0.2, -0.15) is 8.78 Å². The van der Waals surface area contributed by atoms with Gasteiger partial charge >= 0.3 is 6.55 Å². The third-order valence-corrected chi connectivity index (χ3v) is 5.18. The van der Waals surface area contributed by atoms with Crippen molar-refractivity contribution in [1.82, 2.24) is 30.2 Å². The summed E-state index contributed by atoms with van der Waals surface area (Å²) in [5.74, 6) is -1.05. The fourth-order valence-corrected chi connectivity index (χ4v) is 3.44. The molecule has 0 aliphatic rings. The number of halogens is 3. The van der Waals surface area contributed by atoms with Gasteiger partial charge in [-0.15, -0.1) is 0 Å². The summed E-state index contributed by atoms with van der Waals surface area (Å²) in [6.45, 7) is -1.32. The Morgan fingerprint density at radius 1 is 1.24 bits per heavy atom. The molecular formula is C23H24F3N11O. The Balaban J connectivity index is 2.14. The summed E-state index contributed by atoms with van der Waals surface area (Å²) in [5, 5.41) is 31.8. The Bertz CT molecular complexity index is 1510. The molecule has 3 aromatic rings. The molecule has 2 heterocycles. The van der Waals surface area contributed by atoms with E-state index in [-0.39, 0.29) is 45.3 Å². The largest absolute Gasteiger partial charge is 0.394 e. The van der Waals surface area contributed by atoms with Crippen molar-refractivity contribution in [2.75, 3.05) is 18.1 Å². The second kappa shape index (κ2) is 11.8. The van der Waals surface area contributed by atoms with Crippen molar-refractivity contribution in [2.45, 2.75) is 19.5 Å². The standard InChI is InChI=1S/C23H24F3N11O/c1-11(35-20-17(19(30)33-10-34-20)18(29)12(8-27)9-32-23(25)26)21-36-15-4-3-13(24)7-14(15)22(38)37(21)16(28)5-6-31-2/h3-11,23,27-29,31-32H,1-2H3,(H3,30,33,34,35)/b6-5-,12-9+,27-8?,28-16?,29-18?/t11-/m0/s1. The van der Waals surface area contributed by atoms with Crippen LogP contribution in [0.3, 0.4) is 0 Å². The van der Waals surface area contributed by atoms with Crippen molar-refractivity contribution in [3.63, 3.8) is 0 Å². The normalized spacial score (nSPS) is 12.5. The van der Waals surface area contributed by atoms with Crippen LogP contribution in [0, 0.1) is 22.0 Å². The van der Waals surface area contributed by atoms with Gasteiger partial charge in [0.2, 0.25) is 0 Å². The molecule has 0 saturated heterocycles. The van der Waals surface area contributed by atoms with Gasteiger partial charge in [0, 0.05) is 25.0 Å². The first kappa shape index (κ1) is 27.5. The number of nitrogens with two attached hydrogens (primary N) is 1. The van der Waals surface area contributed by atoms with E-state index in [2.05, 4.69) is 25.6 Å². The Morgan fingerprint density at radius 3 is 2.63 bits per heavy atom. The number of anilines is 2. The number of benzene rings is 1. The van der Waals surface area contributed by atoms with Crippen LogP contribution in [-0.4, -0.2) is 50.9 Å². The number of rotatable bonds is 10. The number of nitrogens with one attached hydrogen (secondary N) is 6. The summed E-state index contributed by atoms with van der Waals surface area (Å²) in [6, 6.07) is 2.66. The zero-order valence-corrected chi connectivity index (χ0v) is 20.2. The van der Waals surface area contributed by atoms with Crippen LogP contribution in [0.25, 0.3) is 10.9 Å². The smallest absolute Gasteiger partial charge is 0.312 e. The summed E-state index contributed by atoms with van der Waals surface area (Å²) in [6.07, 6.45) is 5.32. The molecule has 12 nitrogen and oxygen atoms in total. The van der Waals surface area contributed by atoms with Crippen LogP contribution in [-0.2, 0) is 0 Å². The zero-order valence-electron chi connectivity index (χ0n) is 20.2. The van der Waals surface area contributed by atoms with E-state index in [0.29, 0.717) is 6.21 Å². The van der Waals surface area contributed by atoms with Gasteiger partial charge in [0.25, 0.3) is 5.56 Å². The minimum Gasteiger partial charge on any atom is -0.394 e. The number of nitrogen functional groups attached to an aromatic ring is 1. The molecule has 1 aromatic carbocycles. The van der Waals surface area contributed by atoms with Crippen LogP contribution in [0.5, 0.6) is 0 Å². The van der Waals surface area contributed by atoms with Crippen molar-refractivity contribution in [3.05, 3.63) is 76.1 Å². The third kappa shape index (κ3) is 5.83. The molecule has 0 fully saturated rings. The second-order valence-electron chi connectivity index (χ2n) is 7.71. The van der Waals surface area contributed by atoms with E-state index in [9.17, 15) is 18.0 Å². The van der Waals surface area contributed by atoms with Crippen LogP contribution < -0.4 is 27.2 Å². The first-order valence-electron chi connectivity index (χ1n) is 10.9. The van der Waals surface area contributed by atoms with Gasteiger partial charge < -0.3 is 27.1 Å². The van der Waals surface area contributed by atoms with Crippen LogP contribution in [0.15, 0.2) is 53.4 Å². The van der Waals surface area contributed by atoms with Gasteiger partial charge in [0.05, 0.1) is 28.2 Å². The predicted octanol–water partition coefficient (Wildman–Crippen LogP) is 2.35. The number of hydrogen-bond acceptors (Lipinski definition) is 11. The molecular weight excluding hydrogens is 503 g/mol. The van der Waals surface area contributed by atoms with Crippen molar-refractivity contribution >= 4 is 40.3 Å². The summed E-state index contributed by atoms with van der Waals surface area (Å²) in [7, 11) is 1.61. The molecule has 0 radical (unpaired) electrons. The molecule has 0 unspecified atom stereocenters. The SMILES string of the molecule is CN/C=C\C(=N)n1c([C@H](C)Nc2ncnc(N)c2C(=N)/C(C=N)=C/NC(F)F)nc2ccc(F)cc2c1=O. The van der Waals surface area contributed by atoms with Crippen molar-refractivity contribution < 1.29 is 13.2 Å². The van der Waals surface area contributed by atoms with Gasteiger partial charge in [-0.25, -0.2) is 23.9 Å². The number of hydrogen-bond donors (Lipinski definition) is 7. The van der Waals surface area contributed by atoms with E-state index in [1.54, 1.807) is 19.3 Å². The average molecular weight is 528 g/mol. The highest BCUT2D eigenvalue weighted by Gasteiger charge is 2.23. The minimum absolute atomic E-state index is 0.0166.